The van der Waals surface area contributed by atoms with Crippen LogP contribution in [0.1, 0.15) is 32.0 Å². The van der Waals surface area contributed by atoms with Gasteiger partial charge in [0.05, 0.1) is 11.0 Å². The van der Waals surface area contributed by atoms with Gasteiger partial charge in [0.15, 0.2) is 0 Å². The summed E-state index contributed by atoms with van der Waals surface area (Å²) in [5.41, 5.74) is 2.37. The molecule has 7 heteroatoms. The molecule has 2 heterocycles. The molecular weight excluding hydrogens is 383 g/mol. The van der Waals surface area contributed by atoms with E-state index in [0.29, 0.717) is 31.7 Å². The van der Waals surface area contributed by atoms with Gasteiger partial charge in [-0.1, -0.05) is 12.1 Å². The number of fused-ring (bicyclic) bond motifs is 1. The highest BCUT2D eigenvalue weighted by Crippen LogP contribution is 2.33. The highest BCUT2D eigenvalue weighted by Gasteiger charge is 2.35. The zero-order chi connectivity index (χ0) is 21.3. The van der Waals surface area contributed by atoms with Crippen LogP contribution in [0.4, 0.5) is 10.1 Å². The third kappa shape index (κ3) is 3.67. The molecule has 1 aromatic heterocycles. The number of aromatic nitrogens is 2. The summed E-state index contributed by atoms with van der Waals surface area (Å²) < 4.78 is 15.2. The minimum Gasteiger partial charge on any atom is -0.342 e. The van der Waals surface area contributed by atoms with E-state index in [4.69, 9.17) is 4.98 Å². The minimum absolute atomic E-state index is 0.0275. The largest absolute Gasteiger partial charge is 0.342 e. The quantitative estimate of drug-likeness (QED) is 0.627. The second kappa shape index (κ2) is 8.26. The van der Waals surface area contributed by atoms with Crippen LogP contribution in [-0.4, -0.2) is 45.9 Å². The van der Waals surface area contributed by atoms with Crippen molar-refractivity contribution in [2.45, 2.75) is 32.7 Å². The Kier molecular flexibility index (Phi) is 5.53. The predicted octanol–water partition coefficient (Wildman–Crippen LogP) is 3.56. The van der Waals surface area contributed by atoms with Gasteiger partial charge < -0.3 is 14.4 Å². The second-order valence-electron chi connectivity index (χ2n) is 7.49. The molecule has 1 aliphatic rings. The first kappa shape index (κ1) is 20.1. The predicted molar refractivity (Wildman–Crippen MR) is 114 cm³/mol. The Labute approximate surface area is 174 Å². The molecule has 1 fully saturated rings. The second-order valence-corrected chi connectivity index (χ2v) is 7.49. The average molecular weight is 408 g/mol. The van der Waals surface area contributed by atoms with Gasteiger partial charge in [-0.05, 0) is 50.2 Å². The normalized spacial score (nSPS) is 16.4. The Morgan fingerprint density at radius 3 is 2.53 bits per heavy atom. The van der Waals surface area contributed by atoms with Crippen LogP contribution in [-0.2, 0) is 16.1 Å². The number of carbonyl (C=O) groups is 2. The van der Waals surface area contributed by atoms with E-state index in [2.05, 4.69) is 0 Å². The molecular formula is C23H25FN4O2. The Morgan fingerprint density at radius 1 is 1.13 bits per heavy atom. The zero-order valence-corrected chi connectivity index (χ0v) is 17.2. The molecule has 1 aliphatic heterocycles. The van der Waals surface area contributed by atoms with E-state index in [-0.39, 0.29) is 30.1 Å². The van der Waals surface area contributed by atoms with Gasteiger partial charge in [-0.25, -0.2) is 9.37 Å². The topological polar surface area (TPSA) is 58.4 Å². The lowest BCUT2D eigenvalue weighted by molar-refractivity contribution is -0.131. The van der Waals surface area contributed by atoms with Crippen molar-refractivity contribution in [1.82, 2.24) is 14.5 Å². The van der Waals surface area contributed by atoms with Crippen LogP contribution in [0, 0.1) is 5.82 Å². The number of amides is 2. The van der Waals surface area contributed by atoms with E-state index in [1.54, 1.807) is 21.9 Å². The Balaban J connectivity index is 1.68. The molecule has 2 amide bonds. The summed E-state index contributed by atoms with van der Waals surface area (Å²) in [6.45, 7) is 5.87. The molecule has 1 unspecified atom stereocenters. The first-order valence-corrected chi connectivity index (χ1v) is 10.3. The molecule has 0 spiro atoms. The summed E-state index contributed by atoms with van der Waals surface area (Å²) in [5, 5.41) is 0. The van der Waals surface area contributed by atoms with Crippen molar-refractivity contribution in [2.75, 3.05) is 24.5 Å². The van der Waals surface area contributed by atoms with Crippen LogP contribution >= 0.6 is 0 Å². The zero-order valence-electron chi connectivity index (χ0n) is 17.2. The summed E-state index contributed by atoms with van der Waals surface area (Å²) in [7, 11) is 0. The molecule has 0 radical (unpaired) electrons. The van der Waals surface area contributed by atoms with Gasteiger partial charge in [-0.2, -0.15) is 0 Å². The van der Waals surface area contributed by atoms with Crippen molar-refractivity contribution in [3.8, 4) is 0 Å². The van der Waals surface area contributed by atoms with E-state index in [0.717, 1.165) is 16.9 Å². The summed E-state index contributed by atoms with van der Waals surface area (Å²) in [4.78, 5) is 33.8. The first-order chi connectivity index (χ1) is 14.5. The molecule has 30 heavy (non-hydrogen) atoms. The number of halogens is 1. The SMILES string of the molecule is CCN(CC)C(=O)Cn1c(C2CC(=O)N(c3ccc(F)cc3)C2)nc2ccccc21. The molecule has 0 bridgehead atoms. The van der Waals surface area contributed by atoms with E-state index in [9.17, 15) is 14.0 Å². The highest BCUT2D eigenvalue weighted by molar-refractivity contribution is 5.96. The van der Waals surface area contributed by atoms with E-state index < -0.39 is 0 Å². The number of likely N-dealkylation sites (N-methyl/N-ethyl adjacent to an activating group) is 1. The fourth-order valence-electron chi connectivity index (χ4n) is 4.13. The van der Waals surface area contributed by atoms with Crippen LogP contribution in [0.15, 0.2) is 48.5 Å². The van der Waals surface area contributed by atoms with Crippen molar-refractivity contribution >= 4 is 28.5 Å². The summed E-state index contributed by atoms with van der Waals surface area (Å²) in [6, 6.07) is 13.7. The van der Waals surface area contributed by atoms with Crippen LogP contribution in [0.25, 0.3) is 11.0 Å². The Morgan fingerprint density at radius 2 is 1.83 bits per heavy atom. The molecule has 0 saturated carbocycles. The van der Waals surface area contributed by atoms with Crippen molar-refractivity contribution in [1.29, 1.82) is 0 Å². The molecule has 4 rings (SSSR count). The number of carbonyl (C=O) groups excluding carboxylic acids is 2. The number of benzene rings is 2. The number of imidazole rings is 1. The molecule has 0 N–H and O–H groups in total. The van der Waals surface area contributed by atoms with Gasteiger partial charge in [0, 0.05) is 37.7 Å². The van der Waals surface area contributed by atoms with Gasteiger partial charge in [0.2, 0.25) is 11.8 Å². The van der Waals surface area contributed by atoms with Crippen molar-refractivity contribution in [3.05, 3.63) is 60.2 Å². The fourth-order valence-corrected chi connectivity index (χ4v) is 4.13. The summed E-state index contributed by atoms with van der Waals surface area (Å²) >= 11 is 0. The van der Waals surface area contributed by atoms with E-state index in [1.807, 2.05) is 42.7 Å². The lowest BCUT2D eigenvalue weighted by atomic mass is 10.1. The van der Waals surface area contributed by atoms with Gasteiger partial charge in [0.25, 0.3) is 0 Å². The third-order valence-electron chi connectivity index (χ3n) is 5.72. The summed E-state index contributed by atoms with van der Waals surface area (Å²) in [6.07, 6.45) is 0.306. The number of anilines is 1. The maximum absolute atomic E-state index is 13.3. The molecule has 0 aliphatic carbocycles. The smallest absolute Gasteiger partial charge is 0.242 e. The standard InChI is InChI=1S/C23H25FN4O2/c1-3-26(4-2)22(30)15-28-20-8-6-5-7-19(20)25-23(28)16-13-21(29)27(14-16)18-11-9-17(24)10-12-18/h5-12,16H,3-4,13-15H2,1-2H3. The summed E-state index contributed by atoms with van der Waals surface area (Å²) in [5.74, 6) is 0.275. The van der Waals surface area contributed by atoms with Crippen LogP contribution in [0.5, 0.6) is 0 Å². The molecule has 156 valence electrons. The highest BCUT2D eigenvalue weighted by atomic mass is 19.1. The lowest BCUT2D eigenvalue weighted by Crippen LogP contribution is -2.34. The lowest BCUT2D eigenvalue weighted by Gasteiger charge is -2.21. The van der Waals surface area contributed by atoms with Gasteiger partial charge in [-0.15, -0.1) is 0 Å². The number of hydrogen-bond acceptors (Lipinski definition) is 3. The maximum Gasteiger partial charge on any atom is 0.242 e. The first-order valence-electron chi connectivity index (χ1n) is 10.3. The number of nitrogens with zero attached hydrogens (tertiary/aromatic N) is 4. The van der Waals surface area contributed by atoms with Gasteiger partial charge >= 0.3 is 0 Å². The maximum atomic E-state index is 13.3. The molecule has 6 nitrogen and oxygen atoms in total. The van der Waals surface area contributed by atoms with Crippen LogP contribution in [0.2, 0.25) is 0 Å². The molecule has 3 aromatic rings. The van der Waals surface area contributed by atoms with E-state index >= 15 is 0 Å². The average Bonchev–Trinajstić information content (AvgIpc) is 3.30. The fraction of sp³-hybridized carbons (Fsp3) is 0.348. The molecule has 2 aromatic carbocycles. The number of para-hydroxylation sites is 2. The monoisotopic (exact) mass is 408 g/mol. The van der Waals surface area contributed by atoms with Crippen molar-refractivity contribution in [3.63, 3.8) is 0 Å². The number of hydrogen-bond donors (Lipinski definition) is 0. The van der Waals surface area contributed by atoms with Gasteiger partial charge in [-0.3, -0.25) is 9.59 Å². The van der Waals surface area contributed by atoms with Crippen molar-refractivity contribution in [2.24, 2.45) is 0 Å². The van der Waals surface area contributed by atoms with Crippen LogP contribution < -0.4 is 4.90 Å². The number of rotatable bonds is 6. The van der Waals surface area contributed by atoms with Crippen LogP contribution in [0.3, 0.4) is 0 Å². The molecule has 1 atom stereocenters. The Hall–Kier alpha value is -3.22. The molecule has 1 saturated heterocycles. The third-order valence-corrected chi connectivity index (χ3v) is 5.72. The van der Waals surface area contributed by atoms with Gasteiger partial charge in [0.1, 0.15) is 18.2 Å². The van der Waals surface area contributed by atoms with Crippen molar-refractivity contribution < 1.29 is 14.0 Å². The Bertz CT molecular complexity index is 1070. The minimum atomic E-state index is -0.335. The van der Waals surface area contributed by atoms with E-state index in [1.165, 1.54) is 12.1 Å².